The molecule has 0 fully saturated rings. The van der Waals surface area contributed by atoms with Crippen LogP contribution < -0.4 is 5.32 Å². The van der Waals surface area contributed by atoms with Gasteiger partial charge < -0.3 is 5.32 Å². The largest absolute Gasteiger partial charge is 0.352 e. The summed E-state index contributed by atoms with van der Waals surface area (Å²) in [5.41, 5.74) is 0.536. The van der Waals surface area contributed by atoms with Crippen LogP contribution in [0, 0.1) is 12.1 Å². The van der Waals surface area contributed by atoms with Crippen molar-refractivity contribution in [2.24, 2.45) is 0 Å². The Hall–Kier alpha value is -1.49. The first kappa shape index (κ1) is 7.62. The summed E-state index contributed by atoms with van der Waals surface area (Å²) in [6, 6.07) is 10.6. The Morgan fingerprint density at radius 2 is 2.55 bits per heavy atom. The molecule has 1 N–H and O–H groups in total. The summed E-state index contributed by atoms with van der Waals surface area (Å²) in [4.78, 5) is 11.1. The van der Waals surface area contributed by atoms with E-state index >= 15 is 0 Å². The SMILES string of the molecule is CCNC(=O)c1c#cccc1. The zero-order valence-electron chi connectivity index (χ0n) is 6.35. The summed E-state index contributed by atoms with van der Waals surface area (Å²) in [5, 5.41) is 2.67. The maximum atomic E-state index is 11.1. The van der Waals surface area contributed by atoms with Crippen LogP contribution in [-0.4, -0.2) is 12.5 Å². The van der Waals surface area contributed by atoms with Gasteiger partial charge in [0.25, 0.3) is 5.91 Å². The summed E-state index contributed by atoms with van der Waals surface area (Å²) in [5.74, 6) is -0.0932. The number of hydrogen-bond donors (Lipinski definition) is 1. The fraction of sp³-hybridized carbons (Fsp3) is 0.222. The first-order valence-corrected chi connectivity index (χ1v) is 3.51. The molecule has 0 saturated heterocycles. The second kappa shape index (κ2) is 3.62. The third kappa shape index (κ3) is 1.98. The molecule has 56 valence electrons. The summed E-state index contributed by atoms with van der Waals surface area (Å²) >= 11 is 0. The van der Waals surface area contributed by atoms with Gasteiger partial charge in [-0.15, -0.1) is 0 Å². The van der Waals surface area contributed by atoms with Gasteiger partial charge in [0.1, 0.15) is 0 Å². The summed E-state index contributed by atoms with van der Waals surface area (Å²) in [6.45, 7) is 2.52. The van der Waals surface area contributed by atoms with Gasteiger partial charge in [0.05, 0.1) is 5.56 Å². The number of amides is 1. The number of hydrogen-bond acceptors (Lipinski definition) is 1. The van der Waals surface area contributed by atoms with Crippen LogP contribution in [0.2, 0.25) is 0 Å². The fourth-order valence-corrected chi connectivity index (χ4v) is 0.742. The second-order valence-corrected chi connectivity index (χ2v) is 2.07. The highest BCUT2D eigenvalue weighted by molar-refractivity contribution is 5.93. The minimum atomic E-state index is -0.0932. The van der Waals surface area contributed by atoms with Gasteiger partial charge in [-0.3, -0.25) is 4.79 Å². The minimum absolute atomic E-state index is 0.0932. The maximum Gasteiger partial charge on any atom is 0.259 e. The number of carbonyl (C=O) groups is 1. The average molecular weight is 147 g/mol. The lowest BCUT2D eigenvalue weighted by Crippen LogP contribution is -2.22. The number of carbonyl (C=O) groups excluding carboxylic acids is 1. The van der Waals surface area contributed by atoms with Gasteiger partial charge in [0, 0.05) is 6.54 Å². The van der Waals surface area contributed by atoms with E-state index in [2.05, 4.69) is 17.4 Å². The second-order valence-electron chi connectivity index (χ2n) is 2.07. The molecule has 0 aliphatic carbocycles. The molecule has 0 unspecified atom stereocenters. The molecule has 1 aromatic carbocycles. The maximum absolute atomic E-state index is 11.1. The van der Waals surface area contributed by atoms with Gasteiger partial charge >= 0.3 is 0 Å². The lowest BCUT2D eigenvalue weighted by molar-refractivity contribution is 0.0956. The molecule has 2 nitrogen and oxygen atoms in total. The first-order valence-electron chi connectivity index (χ1n) is 3.51. The highest BCUT2D eigenvalue weighted by atomic mass is 16.1. The molecular formula is C9H9NO. The molecule has 0 aliphatic rings. The van der Waals surface area contributed by atoms with E-state index in [1.807, 2.05) is 6.92 Å². The van der Waals surface area contributed by atoms with Crippen molar-refractivity contribution in [1.29, 1.82) is 0 Å². The first-order chi connectivity index (χ1) is 5.34. The standard InChI is InChI=1S/C9H9NO/c1-2-10-9(11)8-6-4-3-5-7-8/h3-4,6H,2H2,1H3,(H,10,11). The molecule has 0 radical (unpaired) electrons. The Kier molecular flexibility index (Phi) is 2.51. The van der Waals surface area contributed by atoms with E-state index in [0.717, 1.165) is 0 Å². The van der Waals surface area contributed by atoms with Gasteiger partial charge in [0.2, 0.25) is 0 Å². The molecule has 2 heteroatoms. The third-order valence-corrected chi connectivity index (χ3v) is 1.23. The van der Waals surface area contributed by atoms with Crippen LogP contribution in [0.3, 0.4) is 0 Å². The van der Waals surface area contributed by atoms with Crippen molar-refractivity contribution in [3.63, 3.8) is 0 Å². The van der Waals surface area contributed by atoms with E-state index in [0.29, 0.717) is 12.1 Å². The Morgan fingerprint density at radius 1 is 1.73 bits per heavy atom. The highest BCUT2D eigenvalue weighted by Crippen LogP contribution is 1.91. The van der Waals surface area contributed by atoms with Crippen LogP contribution in [0.1, 0.15) is 17.3 Å². The van der Waals surface area contributed by atoms with E-state index in [1.165, 1.54) is 0 Å². The normalized spacial score (nSPS) is 8.45. The van der Waals surface area contributed by atoms with Crippen molar-refractivity contribution in [1.82, 2.24) is 5.32 Å². The third-order valence-electron chi connectivity index (χ3n) is 1.23. The van der Waals surface area contributed by atoms with Crippen molar-refractivity contribution >= 4 is 5.91 Å². The quantitative estimate of drug-likeness (QED) is 0.665. The summed E-state index contributed by atoms with van der Waals surface area (Å²) < 4.78 is 0. The highest BCUT2D eigenvalue weighted by Gasteiger charge is 1.99. The van der Waals surface area contributed by atoms with Gasteiger partial charge in [0.15, 0.2) is 0 Å². The topological polar surface area (TPSA) is 29.1 Å². The van der Waals surface area contributed by atoms with E-state index in [4.69, 9.17) is 0 Å². The molecule has 0 heterocycles. The van der Waals surface area contributed by atoms with Crippen molar-refractivity contribution in [2.45, 2.75) is 6.92 Å². The Bertz CT molecular complexity index is 231. The van der Waals surface area contributed by atoms with Crippen LogP contribution in [0.25, 0.3) is 0 Å². The molecule has 1 amide bonds. The van der Waals surface area contributed by atoms with E-state index in [-0.39, 0.29) is 5.91 Å². The number of nitrogens with one attached hydrogen (secondary N) is 1. The molecule has 0 aromatic heterocycles. The van der Waals surface area contributed by atoms with E-state index in [1.54, 1.807) is 18.2 Å². The zero-order chi connectivity index (χ0) is 8.10. The lowest BCUT2D eigenvalue weighted by Gasteiger charge is -1.96. The molecule has 11 heavy (non-hydrogen) atoms. The van der Waals surface area contributed by atoms with Gasteiger partial charge in [-0.25, -0.2) is 0 Å². The molecule has 0 atom stereocenters. The van der Waals surface area contributed by atoms with Crippen LogP contribution in [-0.2, 0) is 0 Å². The molecular weight excluding hydrogens is 138 g/mol. The summed E-state index contributed by atoms with van der Waals surface area (Å²) in [7, 11) is 0. The Balaban J connectivity index is 2.69. The predicted molar refractivity (Wildman–Crippen MR) is 42.1 cm³/mol. The van der Waals surface area contributed by atoms with Gasteiger partial charge in [-0.1, -0.05) is 18.2 Å². The van der Waals surface area contributed by atoms with Crippen LogP contribution in [0.5, 0.6) is 0 Å². The molecule has 0 saturated carbocycles. The number of rotatable bonds is 2. The summed E-state index contributed by atoms with van der Waals surface area (Å²) in [6.07, 6.45) is 0. The van der Waals surface area contributed by atoms with E-state index in [9.17, 15) is 4.79 Å². The van der Waals surface area contributed by atoms with Crippen molar-refractivity contribution < 1.29 is 4.79 Å². The van der Waals surface area contributed by atoms with Gasteiger partial charge in [-0.05, 0) is 19.1 Å². The van der Waals surface area contributed by atoms with Crippen molar-refractivity contribution in [3.05, 3.63) is 35.9 Å². The molecule has 1 rings (SSSR count). The smallest absolute Gasteiger partial charge is 0.259 e. The van der Waals surface area contributed by atoms with Crippen molar-refractivity contribution in [2.75, 3.05) is 6.54 Å². The molecule has 1 aromatic rings. The van der Waals surface area contributed by atoms with Crippen LogP contribution in [0.4, 0.5) is 0 Å². The monoisotopic (exact) mass is 147 g/mol. The van der Waals surface area contributed by atoms with Crippen molar-refractivity contribution in [3.8, 4) is 0 Å². The molecule has 0 aliphatic heterocycles. The van der Waals surface area contributed by atoms with Gasteiger partial charge in [-0.2, -0.15) is 0 Å². The molecule has 0 spiro atoms. The van der Waals surface area contributed by atoms with E-state index < -0.39 is 0 Å². The Labute approximate surface area is 66.2 Å². The molecule has 0 bridgehead atoms. The zero-order valence-corrected chi connectivity index (χ0v) is 6.35. The average Bonchev–Trinajstić information content (AvgIpc) is 2.07. The lowest BCUT2D eigenvalue weighted by atomic mass is 10.2. The fourth-order valence-electron chi connectivity index (χ4n) is 0.742. The van der Waals surface area contributed by atoms with Crippen LogP contribution in [0.15, 0.2) is 18.2 Å². The predicted octanol–water partition coefficient (Wildman–Crippen LogP) is 1.04. The Morgan fingerprint density at radius 3 is 3.09 bits per heavy atom. The van der Waals surface area contributed by atoms with Crippen LogP contribution >= 0.6 is 0 Å². The minimum Gasteiger partial charge on any atom is -0.352 e.